The van der Waals surface area contributed by atoms with Gasteiger partial charge in [-0.05, 0) is 49.9 Å². The number of halogens is 2. The second kappa shape index (κ2) is 8.75. The SMILES string of the molecule is Cc1ccc(S(=O)(=O)N2CCCC(CNCC(=O)O)C2)cc1F.Cl. The van der Waals surface area contributed by atoms with Crippen molar-refractivity contribution in [3.05, 3.63) is 29.6 Å². The molecule has 0 amide bonds. The molecule has 0 aliphatic carbocycles. The summed E-state index contributed by atoms with van der Waals surface area (Å²) >= 11 is 0. The van der Waals surface area contributed by atoms with Gasteiger partial charge in [-0.2, -0.15) is 4.31 Å². The van der Waals surface area contributed by atoms with Gasteiger partial charge in [-0.15, -0.1) is 12.4 Å². The first-order valence-corrected chi connectivity index (χ1v) is 8.93. The number of nitrogens with one attached hydrogen (secondary N) is 1. The summed E-state index contributed by atoms with van der Waals surface area (Å²) < 4.78 is 40.2. The number of piperidine rings is 1. The first kappa shape index (κ1) is 20.8. The molecule has 9 heteroatoms. The number of sulfonamides is 1. The summed E-state index contributed by atoms with van der Waals surface area (Å²) in [7, 11) is -3.73. The highest BCUT2D eigenvalue weighted by Crippen LogP contribution is 2.24. The van der Waals surface area contributed by atoms with E-state index in [9.17, 15) is 17.6 Å². The second-order valence-corrected chi connectivity index (χ2v) is 7.74. The van der Waals surface area contributed by atoms with Crippen LogP contribution in [-0.4, -0.2) is 50.0 Å². The van der Waals surface area contributed by atoms with E-state index in [1.54, 1.807) is 6.92 Å². The molecule has 1 aromatic rings. The van der Waals surface area contributed by atoms with E-state index in [0.717, 1.165) is 12.5 Å². The van der Waals surface area contributed by atoms with Crippen LogP contribution in [0.15, 0.2) is 23.1 Å². The number of carbonyl (C=O) groups is 1. The molecule has 24 heavy (non-hydrogen) atoms. The van der Waals surface area contributed by atoms with E-state index in [2.05, 4.69) is 5.32 Å². The molecular weight excluding hydrogens is 359 g/mol. The molecule has 1 fully saturated rings. The first-order chi connectivity index (χ1) is 10.8. The highest BCUT2D eigenvalue weighted by molar-refractivity contribution is 7.89. The fourth-order valence-corrected chi connectivity index (χ4v) is 4.25. The van der Waals surface area contributed by atoms with Gasteiger partial charge >= 0.3 is 5.97 Å². The number of carboxylic acid groups (broad SMARTS) is 1. The molecular formula is C15H22ClFN2O4S. The maximum Gasteiger partial charge on any atom is 0.317 e. The van der Waals surface area contributed by atoms with Crippen molar-refractivity contribution in [2.24, 2.45) is 5.92 Å². The van der Waals surface area contributed by atoms with E-state index in [-0.39, 0.29) is 29.8 Å². The van der Waals surface area contributed by atoms with Crippen molar-refractivity contribution in [1.29, 1.82) is 0 Å². The van der Waals surface area contributed by atoms with Crippen molar-refractivity contribution in [3.63, 3.8) is 0 Å². The average Bonchev–Trinajstić information content (AvgIpc) is 2.50. The summed E-state index contributed by atoms with van der Waals surface area (Å²) in [5.74, 6) is -1.43. The molecule has 0 aromatic heterocycles. The van der Waals surface area contributed by atoms with Crippen LogP contribution in [0.3, 0.4) is 0 Å². The highest BCUT2D eigenvalue weighted by Gasteiger charge is 2.30. The highest BCUT2D eigenvalue weighted by atomic mass is 35.5. The Morgan fingerprint density at radius 1 is 1.46 bits per heavy atom. The van der Waals surface area contributed by atoms with Crippen LogP contribution in [0, 0.1) is 18.7 Å². The van der Waals surface area contributed by atoms with Crippen LogP contribution in [0.5, 0.6) is 0 Å². The molecule has 1 heterocycles. The van der Waals surface area contributed by atoms with Crippen LogP contribution in [-0.2, 0) is 14.8 Å². The van der Waals surface area contributed by atoms with Crippen molar-refractivity contribution in [3.8, 4) is 0 Å². The number of aryl methyl sites for hydroxylation is 1. The molecule has 1 aliphatic rings. The quantitative estimate of drug-likeness (QED) is 0.783. The number of aliphatic carboxylic acids is 1. The molecule has 0 saturated carbocycles. The predicted octanol–water partition coefficient (Wildman–Crippen LogP) is 1.63. The molecule has 1 aromatic carbocycles. The first-order valence-electron chi connectivity index (χ1n) is 7.49. The van der Waals surface area contributed by atoms with Gasteiger partial charge < -0.3 is 10.4 Å². The van der Waals surface area contributed by atoms with E-state index in [4.69, 9.17) is 5.11 Å². The van der Waals surface area contributed by atoms with E-state index in [1.165, 1.54) is 16.4 Å². The fourth-order valence-electron chi connectivity index (χ4n) is 2.68. The smallest absolute Gasteiger partial charge is 0.317 e. The number of nitrogens with zero attached hydrogens (tertiary/aromatic N) is 1. The van der Waals surface area contributed by atoms with E-state index in [0.29, 0.717) is 31.6 Å². The van der Waals surface area contributed by atoms with Gasteiger partial charge in [0.1, 0.15) is 5.82 Å². The Morgan fingerprint density at radius 2 is 2.17 bits per heavy atom. The van der Waals surface area contributed by atoms with Crippen LogP contribution in [0.2, 0.25) is 0 Å². The van der Waals surface area contributed by atoms with E-state index < -0.39 is 21.8 Å². The molecule has 0 radical (unpaired) electrons. The third-order valence-corrected chi connectivity index (χ3v) is 5.83. The minimum absolute atomic E-state index is 0. The number of hydrogen-bond acceptors (Lipinski definition) is 4. The van der Waals surface area contributed by atoms with Crippen LogP contribution in [0.4, 0.5) is 4.39 Å². The summed E-state index contributed by atoms with van der Waals surface area (Å²) in [5.41, 5.74) is 0.401. The molecule has 1 atom stereocenters. The van der Waals surface area contributed by atoms with Crippen molar-refractivity contribution >= 4 is 28.4 Å². The molecule has 136 valence electrons. The maximum absolute atomic E-state index is 13.6. The van der Waals surface area contributed by atoms with Crippen molar-refractivity contribution in [2.75, 3.05) is 26.2 Å². The molecule has 1 saturated heterocycles. The van der Waals surface area contributed by atoms with Gasteiger partial charge in [-0.3, -0.25) is 4.79 Å². The largest absolute Gasteiger partial charge is 0.480 e. The monoisotopic (exact) mass is 380 g/mol. The van der Waals surface area contributed by atoms with Crippen LogP contribution in [0.25, 0.3) is 0 Å². The van der Waals surface area contributed by atoms with Gasteiger partial charge in [0.25, 0.3) is 0 Å². The topological polar surface area (TPSA) is 86.7 Å². The molecule has 2 N–H and O–H groups in total. The maximum atomic E-state index is 13.6. The predicted molar refractivity (Wildman–Crippen MR) is 90.4 cm³/mol. The molecule has 1 unspecified atom stereocenters. The van der Waals surface area contributed by atoms with Crippen LogP contribution >= 0.6 is 12.4 Å². The third kappa shape index (κ3) is 5.14. The Bertz CT molecular complexity index is 684. The number of benzene rings is 1. The zero-order valence-electron chi connectivity index (χ0n) is 13.4. The molecule has 6 nitrogen and oxygen atoms in total. The summed E-state index contributed by atoms with van der Waals surface area (Å²) in [6.45, 7) is 2.58. The Balaban J connectivity index is 0.00000288. The second-order valence-electron chi connectivity index (χ2n) is 5.81. The Labute approximate surface area is 147 Å². The summed E-state index contributed by atoms with van der Waals surface area (Å²) in [6.07, 6.45) is 1.54. The molecule has 1 aliphatic heterocycles. The fraction of sp³-hybridized carbons (Fsp3) is 0.533. The van der Waals surface area contributed by atoms with Crippen molar-refractivity contribution in [1.82, 2.24) is 9.62 Å². The lowest BCUT2D eigenvalue weighted by Crippen LogP contribution is -2.43. The standard InChI is InChI=1S/C15H21FN2O4S.ClH/c1-11-4-5-13(7-14(11)16)23(21,22)18-6-2-3-12(10-18)8-17-9-15(19)20;/h4-5,7,12,17H,2-3,6,8-10H2,1H3,(H,19,20);1H. The van der Waals surface area contributed by atoms with Crippen LogP contribution in [0.1, 0.15) is 18.4 Å². The minimum atomic E-state index is -3.73. The van der Waals surface area contributed by atoms with Crippen LogP contribution < -0.4 is 5.32 Å². The van der Waals surface area contributed by atoms with E-state index >= 15 is 0 Å². The third-order valence-electron chi connectivity index (χ3n) is 3.97. The Kier molecular flexibility index (Phi) is 7.59. The average molecular weight is 381 g/mol. The van der Waals surface area contributed by atoms with E-state index in [1.807, 2.05) is 0 Å². The van der Waals surface area contributed by atoms with Crippen molar-refractivity contribution < 1.29 is 22.7 Å². The lowest BCUT2D eigenvalue weighted by Gasteiger charge is -2.32. The number of carboxylic acids is 1. The molecule has 0 bridgehead atoms. The molecule has 0 spiro atoms. The molecule has 2 rings (SSSR count). The number of rotatable bonds is 6. The van der Waals surface area contributed by atoms with Crippen molar-refractivity contribution in [2.45, 2.75) is 24.7 Å². The lowest BCUT2D eigenvalue weighted by molar-refractivity contribution is -0.136. The zero-order chi connectivity index (χ0) is 17.0. The van der Waals surface area contributed by atoms with Gasteiger partial charge in [-0.1, -0.05) is 6.07 Å². The van der Waals surface area contributed by atoms with Gasteiger partial charge in [-0.25, -0.2) is 12.8 Å². The van der Waals surface area contributed by atoms with Gasteiger partial charge in [0.15, 0.2) is 0 Å². The number of hydrogen-bond donors (Lipinski definition) is 2. The Hall–Kier alpha value is -1.22. The Morgan fingerprint density at radius 3 is 2.79 bits per heavy atom. The minimum Gasteiger partial charge on any atom is -0.480 e. The zero-order valence-corrected chi connectivity index (χ0v) is 15.0. The van der Waals surface area contributed by atoms with Gasteiger partial charge in [0.2, 0.25) is 10.0 Å². The summed E-state index contributed by atoms with van der Waals surface area (Å²) in [5, 5.41) is 11.4. The normalized spacial score (nSPS) is 18.8. The van der Waals surface area contributed by atoms with Gasteiger partial charge in [0.05, 0.1) is 11.4 Å². The van der Waals surface area contributed by atoms with Gasteiger partial charge in [0, 0.05) is 13.1 Å². The summed E-state index contributed by atoms with van der Waals surface area (Å²) in [6, 6.07) is 3.93. The lowest BCUT2D eigenvalue weighted by atomic mass is 10.00. The summed E-state index contributed by atoms with van der Waals surface area (Å²) in [4.78, 5) is 10.5.